The van der Waals surface area contributed by atoms with E-state index in [0.29, 0.717) is 123 Å². The third-order valence-corrected chi connectivity index (χ3v) is 30.7. The summed E-state index contributed by atoms with van der Waals surface area (Å²) in [6, 6.07) is 28.9. The minimum absolute atomic E-state index is 0.0142. The molecule has 0 spiro atoms. The smallest absolute Gasteiger partial charge is 0.201 e. The Morgan fingerprint density at radius 1 is 0.250 bits per heavy atom. The van der Waals surface area contributed by atoms with E-state index in [1.165, 1.54) is 154 Å². The highest BCUT2D eigenvalue weighted by molar-refractivity contribution is 6.41. The van der Waals surface area contributed by atoms with Gasteiger partial charge in [-0.2, -0.15) is 0 Å². The summed E-state index contributed by atoms with van der Waals surface area (Å²) < 4.78 is 27.5. The van der Waals surface area contributed by atoms with E-state index < -0.39 is 0 Å². The van der Waals surface area contributed by atoms with Crippen LogP contribution in [0.4, 0.5) is 17.1 Å². The van der Waals surface area contributed by atoms with Gasteiger partial charge in [0.25, 0.3) is 0 Å². The van der Waals surface area contributed by atoms with Gasteiger partial charge in [-0.25, -0.2) is 13.7 Å². The summed E-state index contributed by atoms with van der Waals surface area (Å²) in [5.41, 5.74) is 12.1. The van der Waals surface area contributed by atoms with Crippen molar-refractivity contribution in [3.63, 3.8) is 0 Å². The van der Waals surface area contributed by atoms with Crippen LogP contribution in [0.5, 0.6) is 17.2 Å². The molecular weight excluding hydrogens is 1780 g/mol. The van der Waals surface area contributed by atoms with Crippen LogP contribution >= 0.6 is 0 Å². The first-order valence-electron chi connectivity index (χ1n) is 56.7. The lowest BCUT2D eigenvalue weighted by Crippen LogP contribution is -2.26. The second-order valence-electron chi connectivity index (χ2n) is 46.4. The number of unbranched alkanes of at least 4 members (excludes halogenated alkanes) is 6. The van der Waals surface area contributed by atoms with Crippen LogP contribution in [-0.4, -0.2) is 163 Å². The van der Waals surface area contributed by atoms with Crippen molar-refractivity contribution in [2.45, 2.75) is 317 Å². The molecule has 4 aromatic rings. The third-order valence-electron chi connectivity index (χ3n) is 30.7. The number of hydrogen-bond donors (Lipinski definition) is 3. The topological polar surface area (TPSA) is 158 Å². The molecule has 0 fully saturated rings. The van der Waals surface area contributed by atoms with Crippen LogP contribution in [0.25, 0.3) is 16.7 Å². The molecule has 10 rings (SSSR count). The zero-order valence-corrected chi connectivity index (χ0v) is 93.2. The zero-order valence-electron chi connectivity index (χ0n) is 93.2. The summed E-state index contributed by atoms with van der Waals surface area (Å²) in [6.07, 6.45) is 62.4. The monoisotopic (exact) mass is 1970 g/mol. The molecule has 0 saturated carbocycles. The molecule has 0 saturated heterocycles. The predicted octanol–water partition coefficient (Wildman–Crippen LogP) is 30.9. The van der Waals surface area contributed by atoms with Crippen LogP contribution in [0.15, 0.2) is 215 Å². The fourth-order valence-electron chi connectivity index (χ4n) is 20.6. The molecule has 786 valence electrons. The number of ether oxygens (including phenoxy) is 3. The van der Waals surface area contributed by atoms with Crippen LogP contribution in [0.1, 0.15) is 334 Å². The second kappa shape index (κ2) is 59.7. The Kier molecular flexibility index (Phi) is 48.0. The Bertz CT molecular complexity index is 4780. The van der Waals surface area contributed by atoms with Gasteiger partial charge in [0, 0.05) is 131 Å². The van der Waals surface area contributed by atoms with E-state index in [2.05, 4.69) is 190 Å². The molecular formula is C129H189N6O9+3. The highest BCUT2D eigenvalue weighted by atomic mass is 16.5. The largest absolute Gasteiger partial charge is 0.506 e. The SMILES string of the molecule is CC(C)CCCCC[C@H](C)CC[N+](CC[C@@H](C)CCCC(C)C)=C1C=CC(=C2C(=O)C(c3cccc(N(C)CCOc4cc(OCCN(C)c5cccc(C6=C(O)C(=C7C=CC(=[N+](CC[C@@H](C)CCCCCC(C)C)CC[C@@H](C)CCCC(C)C)C=C7)C6=O)c5)cc(OCCN(C)c5cccc(C6=C(O)C(=C7C=CC(=[N+](CC[C@@H](C)CCCCCC(C)C)CC[C@@H](C)CCCC(C)C)C=C7)C6=O)c5)c4)c3)=C2O)C=C1. The molecule has 144 heavy (non-hydrogen) atoms. The van der Waals surface area contributed by atoms with Crippen molar-refractivity contribution in [2.24, 2.45) is 71.0 Å². The molecule has 0 aliphatic heterocycles. The predicted molar refractivity (Wildman–Crippen MR) is 609 cm³/mol. The molecule has 0 amide bonds. The van der Waals surface area contributed by atoms with Gasteiger partial charge in [-0.05, 0) is 177 Å². The quantitative estimate of drug-likeness (QED) is 0.0219. The normalized spacial score (nSPS) is 16.1. The number of likely N-dealkylation sites (N-methyl/N-ethyl adjacent to an activating group) is 3. The number of anilines is 3. The Morgan fingerprint density at radius 3 is 0.674 bits per heavy atom. The Labute approximate surface area is 871 Å². The maximum absolute atomic E-state index is 14.3. The molecule has 0 bridgehead atoms. The van der Waals surface area contributed by atoms with Crippen molar-refractivity contribution in [1.82, 2.24) is 0 Å². The van der Waals surface area contributed by atoms with E-state index in [0.717, 1.165) is 164 Å². The number of allylic oxidation sites excluding steroid dienone is 21. The lowest BCUT2D eigenvalue weighted by atomic mass is 9.80. The molecule has 6 aliphatic rings. The Morgan fingerprint density at radius 2 is 0.458 bits per heavy atom. The second-order valence-corrected chi connectivity index (χ2v) is 46.4. The average molecular weight is 1970 g/mol. The Hall–Kier alpha value is -10.0. The maximum Gasteiger partial charge on any atom is 0.201 e. The molecule has 6 atom stereocenters. The number of carbonyl (C=O) groups is 3. The molecule has 0 aromatic heterocycles. The standard InChI is InChI=1S/C129H186N6O9/c1-91(2)37-25-22-28-43-97(13)67-73-133(76-70-100(16)46-31-40-94(7)8)109-61-55-103(56-62-109)118-124(136)121(125(118)137)106-49-34-52-112(85-106)130(19)79-82-142-115-88-116(143-83-80-131(20)113-53-35-50-107(86-113)122-126(138)119(127(122)139)104-57-63-110(64-58-104)134(77-71-101(17)47-32-41-95(9)10)74-68-98(14)44-29-23-26-38-92(3)4)90-117(89-115)144-84-81-132(21)114-54-36-51-108(87-114)123-128(140)120(129(123)141)105-59-65-111(66-60-105)135(78-72-102(18)48-33-42-96(11)12)75-69-99(15)45-30-24-27-39-93(5)6/h34-36,49-66,85-102H,22-33,37-48,67-84H2,1-21H3/p+3/t97-,98-,99-,100-,101-,102-/m0/s1. The minimum atomic E-state index is -0.173. The van der Waals surface area contributed by atoms with Crippen LogP contribution in [-0.2, 0) is 14.4 Å². The fraction of sp³-hybridized carbons (Fsp3) is 0.581. The molecule has 15 heteroatoms. The van der Waals surface area contributed by atoms with Gasteiger partial charge in [0.1, 0.15) is 93.6 Å². The van der Waals surface area contributed by atoms with Gasteiger partial charge < -0.3 is 44.2 Å². The molecule has 4 aromatic carbocycles. The van der Waals surface area contributed by atoms with E-state index in [1.54, 1.807) is 0 Å². The van der Waals surface area contributed by atoms with Crippen molar-refractivity contribution in [3.05, 3.63) is 231 Å². The number of aliphatic hydroxyl groups excluding tert-OH is 3. The summed E-state index contributed by atoms with van der Waals surface area (Å²) in [5, 5.41) is 35.5. The Balaban J connectivity index is 0.821. The van der Waals surface area contributed by atoms with Crippen molar-refractivity contribution in [3.8, 4) is 17.2 Å². The molecule has 15 nitrogen and oxygen atoms in total. The van der Waals surface area contributed by atoms with Gasteiger partial charge >= 0.3 is 0 Å². The number of ketones is 3. The first-order valence-corrected chi connectivity index (χ1v) is 56.7. The highest BCUT2D eigenvalue weighted by Gasteiger charge is 2.41. The van der Waals surface area contributed by atoms with Gasteiger partial charge in [-0.3, -0.25) is 14.4 Å². The van der Waals surface area contributed by atoms with Gasteiger partial charge in [0.15, 0.2) is 17.1 Å². The first-order chi connectivity index (χ1) is 69.1. The maximum atomic E-state index is 14.3. The number of rotatable bonds is 66. The van der Waals surface area contributed by atoms with E-state index >= 15 is 0 Å². The van der Waals surface area contributed by atoms with Crippen molar-refractivity contribution in [1.29, 1.82) is 0 Å². The molecule has 6 aliphatic carbocycles. The van der Waals surface area contributed by atoms with Crippen LogP contribution in [0, 0.1) is 71.0 Å². The highest BCUT2D eigenvalue weighted by Crippen LogP contribution is 2.44. The molecule has 3 N–H and O–H groups in total. The van der Waals surface area contributed by atoms with E-state index in [9.17, 15) is 29.7 Å². The summed E-state index contributed by atoms with van der Waals surface area (Å²) in [5.74, 6) is 9.42. The number of hydrogen-bond acceptors (Lipinski definition) is 12. The molecule has 0 unspecified atom stereocenters. The molecule has 0 heterocycles. The summed E-state index contributed by atoms with van der Waals surface area (Å²) in [7, 11) is 5.97. The van der Waals surface area contributed by atoms with Crippen LogP contribution in [0.3, 0.4) is 0 Å². The number of benzene rings is 4. The number of aliphatic hydroxyl groups is 3. The van der Waals surface area contributed by atoms with E-state index in [4.69, 9.17) is 14.2 Å². The van der Waals surface area contributed by atoms with Gasteiger partial charge in [0.2, 0.25) is 17.3 Å². The lowest BCUT2D eigenvalue weighted by Gasteiger charge is -2.26. The minimum Gasteiger partial charge on any atom is -0.506 e. The van der Waals surface area contributed by atoms with Crippen molar-refractivity contribution >= 4 is 68.3 Å². The van der Waals surface area contributed by atoms with Gasteiger partial charge in [-0.15, -0.1) is 0 Å². The summed E-state index contributed by atoms with van der Waals surface area (Å²) in [6.45, 7) is 50.4. The number of carbonyl (C=O) groups excluding carboxylic acids is 3. The fourth-order valence-corrected chi connectivity index (χ4v) is 20.6. The molecule has 0 radical (unpaired) electrons. The van der Waals surface area contributed by atoms with Crippen LogP contribution < -0.4 is 28.9 Å². The average Bonchev–Trinajstić information content (AvgIpc) is 0.752. The van der Waals surface area contributed by atoms with E-state index in [1.807, 2.05) is 149 Å². The van der Waals surface area contributed by atoms with Crippen molar-refractivity contribution < 1.29 is 57.6 Å². The first kappa shape index (κ1) is 116. The zero-order chi connectivity index (χ0) is 104. The van der Waals surface area contributed by atoms with Gasteiger partial charge in [0.05, 0.1) is 53.1 Å². The van der Waals surface area contributed by atoms with Crippen molar-refractivity contribution in [2.75, 3.05) is 115 Å². The third kappa shape index (κ3) is 36.8. The lowest BCUT2D eigenvalue weighted by molar-refractivity contribution is -0.529. The van der Waals surface area contributed by atoms with E-state index in [-0.39, 0.29) is 54.4 Å². The summed E-state index contributed by atoms with van der Waals surface area (Å²) >= 11 is 0. The number of nitrogens with zero attached hydrogens (tertiary/aromatic N) is 6. The summed E-state index contributed by atoms with van der Waals surface area (Å²) in [4.78, 5) is 49.2. The van der Waals surface area contributed by atoms with Gasteiger partial charge in [-0.1, -0.05) is 315 Å². The number of Topliss-reactive ketones (excluding diaryl/α,β-unsaturated/α-hetero) is 3. The van der Waals surface area contributed by atoms with Crippen LogP contribution in [0.2, 0.25) is 0 Å².